The van der Waals surface area contributed by atoms with Crippen LogP contribution < -0.4 is 4.74 Å². The van der Waals surface area contributed by atoms with E-state index in [4.69, 9.17) is 0 Å². The Morgan fingerprint density at radius 3 is 2.78 bits per heavy atom. The Balaban J connectivity index is 2.17. The fourth-order valence-electron chi connectivity index (χ4n) is 2.04. The largest absolute Gasteiger partial charge is 0.435 e. The minimum Gasteiger partial charge on any atom is -0.435 e. The molecule has 0 unspecified atom stereocenters. The molecule has 1 aromatic carbocycles. The van der Waals surface area contributed by atoms with E-state index in [0.29, 0.717) is 5.56 Å². The molecule has 0 saturated heterocycles. The molecule has 18 heavy (non-hydrogen) atoms. The van der Waals surface area contributed by atoms with Crippen molar-refractivity contribution in [2.24, 2.45) is 0 Å². The minimum atomic E-state index is -2.87. The fraction of sp³-hybridized carbons (Fsp3) is 0.357. The van der Waals surface area contributed by atoms with E-state index in [1.165, 1.54) is 12.1 Å². The van der Waals surface area contributed by atoms with Crippen LogP contribution in [0.15, 0.2) is 35.9 Å². The summed E-state index contributed by atoms with van der Waals surface area (Å²) in [5.74, 6) is -0.0679. The smallest absolute Gasteiger partial charge is 0.387 e. The number of Topliss-reactive ketones (excluding diaryl/α,β-unsaturated/α-hetero) is 1. The van der Waals surface area contributed by atoms with E-state index < -0.39 is 6.61 Å². The molecule has 0 saturated carbocycles. The van der Waals surface area contributed by atoms with Crippen LogP contribution in [0.4, 0.5) is 8.78 Å². The second kappa shape index (κ2) is 5.76. The number of carbonyl (C=O) groups excluding carboxylic acids is 1. The van der Waals surface area contributed by atoms with Crippen LogP contribution in [-0.2, 0) is 0 Å². The zero-order valence-electron chi connectivity index (χ0n) is 9.86. The molecule has 0 fully saturated rings. The van der Waals surface area contributed by atoms with Crippen molar-refractivity contribution in [1.82, 2.24) is 0 Å². The van der Waals surface area contributed by atoms with Crippen molar-refractivity contribution < 1.29 is 18.3 Å². The molecule has 0 radical (unpaired) electrons. The van der Waals surface area contributed by atoms with E-state index in [1.807, 2.05) is 6.08 Å². The molecule has 1 aliphatic carbocycles. The van der Waals surface area contributed by atoms with Gasteiger partial charge < -0.3 is 4.74 Å². The van der Waals surface area contributed by atoms with Gasteiger partial charge in [-0.25, -0.2) is 0 Å². The molecule has 0 aromatic heterocycles. The molecular formula is C14H14F2O2. The van der Waals surface area contributed by atoms with E-state index in [-0.39, 0.29) is 11.5 Å². The molecule has 1 aliphatic rings. The Morgan fingerprint density at radius 1 is 1.28 bits per heavy atom. The number of hydrogen-bond acceptors (Lipinski definition) is 2. The molecule has 0 aliphatic heterocycles. The van der Waals surface area contributed by atoms with Crippen molar-refractivity contribution in [3.63, 3.8) is 0 Å². The van der Waals surface area contributed by atoms with Gasteiger partial charge in [0.25, 0.3) is 0 Å². The number of carbonyl (C=O) groups is 1. The lowest BCUT2D eigenvalue weighted by atomic mass is 9.93. The van der Waals surface area contributed by atoms with Gasteiger partial charge in [0, 0.05) is 5.56 Å². The highest BCUT2D eigenvalue weighted by Crippen LogP contribution is 2.23. The summed E-state index contributed by atoms with van der Waals surface area (Å²) in [6, 6.07) is 5.95. The van der Waals surface area contributed by atoms with Crippen molar-refractivity contribution in [2.75, 3.05) is 0 Å². The average Bonchev–Trinajstić information content (AvgIpc) is 2.38. The first-order valence-electron chi connectivity index (χ1n) is 5.95. The third-order valence-corrected chi connectivity index (χ3v) is 2.90. The van der Waals surface area contributed by atoms with E-state index in [1.54, 1.807) is 12.1 Å². The quantitative estimate of drug-likeness (QED) is 0.758. The molecule has 4 heteroatoms. The molecule has 2 rings (SSSR count). The van der Waals surface area contributed by atoms with Gasteiger partial charge >= 0.3 is 6.61 Å². The number of hydrogen-bond donors (Lipinski definition) is 0. The van der Waals surface area contributed by atoms with Gasteiger partial charge in [0.05, 0.1) is 0 Å². The molecule has 0 spiro atoms. The Bertz CT molecular complexity index is 467. The Labute approximate surface area is 104 Å². The predicted molar refractivity (Wildman–Crippen MR) is 64.0 cm³/mol. The van der Waals surface area contributed by atoms with E-state index in [2.05, 4.69) is 4.74 Å². The zero-order valence-corrected chi connectivity index (χ0v) is 9.86. The second-order valence-corrected chi connectivity index (χ2v) is 4.21. The lowest BCUT2D eigenvalue weighted by molar-refractivity contribution is -0.0498. The molecule has 1 aromatic rings. The second-order valence-electron chi connectivity index (χ2n) is 4.21. The summed E-state index contributed by atoms with van der Waals surface area (Å²) in [5.41, 5.74) is 1.18. The van der Waals surface area contributed by atoms with Gasteiger partial charge in [-0.05, 0) is 43.4 Å². The van der Waals surface area contributed by atoms with E-state index in [0.717, 1.165) is 31.3 Å². The van der Waals surface area contributed by atoms with Crippen LogP contribution in [0.5, 0.6) is 5.75 Å². The van der Waals surface area contributed by atoms with Gasteiger partial charge in [-0.2, -0.15) is 8.78 Å². The first-order chi connectivity index (χ1) is 8.66. The van der Waals surface area contributed by atoms with Gasteiger partial charge in [-0.3, -0.25) is 4.79 Å². The standard InChI is InChI=1S/C14H14F2O2/c15-14(16)18-12-8-4-7-11(9-12)13(17)10-5-2-1-3-6-10/h4-5,7-9,14H,1-3,6H2. The first-order valence-corrected chi connectivity index (χ1v) is 5.95. The third-order valence-electron chi connectivity index (χ3n) is 2.90. The van der Waals surface area contributed by atoms with Crippen molar-refractivity contribution in [1.29, 1.82) is 0 Å². The van der Waals surface area contributed by atoms with Crippen molar-refractivity contribution in [2.45, 2.75) is 32.3 Å². The number of ketones is 1. The van der Waals surface area contributed by atoms with Crippen LogP contribution in [0.25, 0.3) is 0 Å². The lowest BCUT2D eigenvalue weighted by Gasteiger charge is -2.12. The summed E-state index contributed by atoms with van der Waals surface area (Å²) < 4.78 is 28.5. The average molecular weight is 252 g/mol. The van der Waals surface area contributed by atoms with Crippen LogP contribution in [0, 0.1) is 0 Å². The molecule has 2 nitrogen and oxygen atoms in total. The topological polar surface area (TPSA) is 26.3 Å². The molecule has 0 N–H and O–H groups in total. The van der Waals surface area contributed by atoms with Gasteiger partial charge in [0.1, 0.15) is 5.75 Å². The highest BCUT2D eigenvalue weighted by atomic mass is 19.3. The summed E-state index contributed by atoms with van der Waals surface area (Å²) >= 11 is 0. The van der Waals surface area contributed by atoms with Gasteiger partial charge in [0.2, 0.25) is 0 Å². The molecular weight excluding hydrogens is 238 g/mol. The summed E-state index contributed by atoms with van der Waals surface area (Å²) in [7, 11) is 0. The highest BCUT2D eigenvalue weighted by Gasteiger charge is 2.15. The van der Waals surface area contributed by atoms with Crippen molar-refractivity contribution >= 4 is 5.78 Å². The number of ether oxygens (including phenoxy) is 1. The fourth-order valence-corrected chi connectivity index (χ4v) is 2.04. The van der Waals surface area contributed by atoms with Gasteiger partial charge in [0.15, 0.2) is 5.78 Å². The zero-order chi connectivity index (χ0) is 13.0. The van der Waals surface area contributed by atoms with Crippen LogP contribution in [0.2, 0.25) is 0 Å². The molecule has 0 bridgehead atoms. The van der Waals surface area contributed by atoms with Crippen LogP contribution >= 0.6 is 0 Å². The molecule has 0 amide bonds. The lowest BCUT2D eigenvalue weighted by Crippen LogP contribution is -2.07. The monoisotopic (exact) mass is 252 g/mol. The van der Waals surface area contributed by atoms with E-state index in [9.17, 15) is 13.6 Å². The molecule has 0 heterocycles. The SMILES string of the molecule is O=C(C1=CCCCC1)c1cccc(OC(F)F)c1. The normalized spacial score (nSPS) is 15.4. The van der Waals surface area contributed by atoms with Crippen LogP contribution in [0.3, 0.4) is 0 Å². The number of allylic oxidation sites excluding steroid dienone is 2. The van der Waals surface area contributed by atoms with Gasteiger partial charge in [-0.15, -0.1) is 0 Å². The third kappa shape index (κ3) is 3.15. The van der Waals surface area contributed by atoms with Crippen molar-refractivity contribution in [3.8, 4) is 5.75 Å². The maximum Gasteiger partial charge on any atom is 0.387 e. The number of benzene rings is 1. The van der Waals surface area contributed by atoms with Crippen LogP contribution in [0.1, 0.15) is 36.0 Å². The highest BCUT2D eigenvalue weighted by molar-refractivity contribution is 6.08. The number of halogens is 2. The maximum absolute atomic E-state index is 12.1. The van der Waals surface area contributed by atoms with Crippen LogP contribution in [-0.4, -0.2) is 12.4 Å². The summed E-state index contributed by atoms with van der Waals surface area (Å²) in [4.78, 5) is 12.1. The predicted octanol–water partition coefficient (Wildman–Crippen LogP) is 3.97. The Morgan fingerprint density at radius 2 is 2.11 bits per heavy atom. The summed E-state index contributed by atoms with van der Waals surface area (Å²) in [6.45, 7) is -2.87. The Hall–Kier alpha value is -1.71. The summed E-state index contributed by atoms with van der Waals surface area (Å²) in [5, 5.41) is 0. The summed E-state index contributed by atoms with van der Waals surface area (Å²) in [6.07, 6.45) is 5.72. The van der Waals surface area contributed by atoms with E-state index >= 15 is 0 Å². The molecule has 96 valence electrons. The number of rotatable bonds is 4. The van der Waals surface area contributed by atoms with Gasteiger partial charge in [-0.1, -0.05) is 18.2 Å². The maximum atomic E-state index is 12.1. The minimum absolute atomic E-state index is 0.0206. The molecule has 0 atom stereocenters. The first kappa shape index (κ1) is 12.7. The Kier molecular flexibility index (Phi) is 4.07. The van der Waals surface area contributed by atoms with Crippen molar-refractivity contribution in [3.05, 3.63) is 41.5 Å². The number of alkyl halides is 2.